The summed E-state index contributed by atoms with van der Waals surface area (Å²) in [5.41, 5.74) is 9.64. The SMILES string of the molecule is c1ccc(-c2coc3ccc4c5cc(-c6c7ccccc7c(-c7cccc8ccccc78)c7ccccc67)ccc5oc4c23)cc1. The van der Waals surface area contributed by atoms with Crippen LogP contribution in [-0.4, -0.2) is 0 Å². The van der Waals surface area contributed by atoms with Gasteiger partial charge in [0.1, 0.15) is 16.7 Å². The summed E-state index contributed by atoms with van der Waals surface area (Å²) >= 11 is 0. The van der Waals surface area contributed by atoms with Gasteiger partial charge in [0, 0.05) is 16.3 Å². The maximum absolute atomic E-state index is 6.61. The molecular formula is C44H26O2. The van der Waals surface area contributed by atoms with Crippen molar-refractivity contribution in [3.63, 3.8) is 0 Å². The Labute approximate surface area is 264 Å². The highest BCUT2D eigenvalue weighted by Gasteiger charge is 2.20. The molecule has 2 nitrogen and oxygen atoms in total. The Hall–Kier alpha value is -6.12. The molecular weight excluding hydrogens is 560 g/mol. The first-order chi connectivity index (χ1) is 22.8. The first-order valence-corrected chi connectivity index (χ1v) is 15.7. The number of benzene rings is 8. The summed E-state index contributed by atoms with van der Waals surface area (Å²) in [6, 6.07) is 54.2. The topological polar surface area (TPSA) is 26.3 Å². The minimum Gasteiger partial charge on any atom is -0.464 e. The van der Waals surface area contributed by atoms with Gasteiger partial charge in [0.05, 0.1) is 11.6 Å². The molecule has 0 saturated carbocycles. The summed E-state index contributed by atoms with van der Waals surface area (Å²) in [5.74, 6) is 0. The molecule has 0 radical (unpaired) electrons. The van der Waals surface area contributed by atoms with Gasteiger partial charge in [0.2, 0.25) is 0 Å². The molecule has 2 aromatic heterocycles. The second-order valence-corrected chi connectivity index (χ2v) is 12.0. The standard InChI is InChI=1S/C44H26O2/c1-2-11-28(12-3-1)38-26-45-40-24-22-36-37-25-29(21-23-39(37)46-44(36)43(38)40)41-32-16-6-8-18-34(32)42(35-19-9-7-17-33(35)41)31-20-10-14-27-13-4-5-15-30(27)31/h1-26H. The molecule has 10 rings (SSSR count). The summed E-state index contributed by atoms with van der Waals surface area (Å²) in [4.78, 5) is 0. The van der Waals surface area contributed by atoms with Crippen LogP contribution in [0.25, 0.3) is 98.6 Å². The number of fused-ring (bicyclic) bond motifs is 8. The zero-order valence-corrected chi connectivity index (χ0v) is 24.8. The van der Waals surface area contributed by atoms with Crippen molar-refractivity contribution in [1.82, 2.24) is 0 Å². The minimum atomic E-state index is 0.826. The van der Waals surface area contributed by atoms with Crippen molar-refractivity contribution < 1.29 is 8.83 Å². The van der Waals surface area contributed by atoms with Crippen LogP contribution in [0.2, 0.25) is 0 Å². The van der Waals surface area contributed by atoms with Gasteiger partial charge in [-0.05, 0) is 84.4 Å². The molecule has 0 fully saturated rings. The van der Waals surface area contributed by atoms with Gasteiger partial charge in [-0.3, -0.25) is 0 Å². The van der Waals surface area contributed by atoms with Crippen LogP contribution in [0.1, 0.15) is 0 Å². The highest BCUT2D eigenvalue weighted by atomic mass is 16.3. The molecule has 0 saturated heterocycles. The fourth-order valence-electron chi connectivity index (χ4n) is 7.52. The molecule has 10 aromatic rings. The molecule has 0 bridgehead atoms. The normalized spacial score (nSPS) is 11.9. The van der Waals surface area contributed by atoms with E-state index in [1.54, 1.807) is 0 Å². The van der Waals surface area contributed by atoms with Gasteiger partial charge in [0.15, 0.2) is 0 Å². The van der Waals surface area contributed by atoms with E-state index in [1.165, 1.54) is 54.6 Å². The van der Waals surface area contributed by atoms with E-state index in [9.17, 15) is 0 Å². The molecule has 0 spiro atoms. The van der Waals surface area contributed by atoms with E-state index in [4.69, 9.17) is 8.83 Å². The molecule has 0 atom stereocenters. The van der Waals surface area contributed by atoms with E-state index in [0.29, 0.717) is 0 Å². The molecule has 0 aliphatic rings. The molecule has 46 heavy (non-hydrogen) atoms. The van der Waals surface area contributed by atoms with Gasteiger partial charge < -0.3 is 8.83 Å². The van der Waals surface area contributed by atoms with Crippen LogP contribution in [0.15, 0.2) is 167 Å². The van der Waals surface area contributed by atoms with Crippen LogP contribution in [0, 0.1) is 0 Å². The largest absolute Gasteiger partial charge is 0.464 e. The lowest BCUT2D eigenvalue weighted by molar-refractivity contribution is 0.616. The fourth-order valence-corrected chi connectivity index (χ4v) is 7.52. The van der Waals surface area contributed by atoms with E-state index in [0.717, 1.165) is 44.0 Å². The number of hydrogen-bond donors (Lipinski definition) is 0. The molecule has 0 aliphatic carbocycles. The maximum Gasteiger partial charge on any atom is 0.147 e. The highest BCUT2D eigenvalue weighted by Crippen LogP contribution is 2.47. The molecule has 214 valence electrons. The molecule has 2 heterocycles. The third kappa shape index (κ3) is 3.59. The van der Waals surface area contributed by atoms with E-state index in [-0.39, 0.29) is 0 Å². The third-order valence-corrected chi connectivity index (χ3v) is 9.54. The predicted octanol–water partition coefficient (Wildman–Crippen LogP) is 12.8. The monoisotopic (exact) mass is 586 g/mol. The second-order valence-electron chi connectivity index (χ2n) is 12.0. The van der Waals surface area contributed by atoms with Crippen molar-refractivity contribution in [1.29, 1.82) is 0 Å². The van der Waals surface area contributed by atoms with E-state index >= 15 is 0 Å². The van der Waals surface area contributed by atoms with E-state index in [1.807, 2.05) is 12.3 Å². The van der Waals surface area contributed by atoms with Gasteiger partial charge in [-0.1, -0.05) is 127 Å². The number of furan rings is 2. The average Bonchev–Trinajstić information content (AvgIpc) is 3.72. The van der Waals surface area contributed by atoms with E-state index in [2.05, 4.69) is 146 Å². The summed E-state index contributed by atoms with van der Waals surface area (Å²) < 4.78 is 12.6. The Kier molecular flexibility index (Phi) is 5.31. The van der Waals surface area contributed by atoms with Crippen LogP contribution < -0.4 is 0 Å². The fraction of sp³-hybridized carbons (Fsp3) is 0. The number of hydrogen-bond acceptors (Lipinski definition) is 2. The predicted molar refractivity (Wildman–Crippen MR) is 192 cm³/mol. The molecule has 0 amide bonds. The maximum atomic E-state index is 6.61. The summed E-state index contributed by atoms with van der Waals surface area (Å²) in [6.07, 6.45) is 1.84. The zero-order chi connectivity index (χ0) is 30.2. The van der Waals surface area contributed by atoms with E-state index < -0.39 is 0 Å². The van der Waals surface area contributed by atoms with Crippen LogP contribution in [0.4, 0.5) is 0 Å². The summed E-state index contributed by atoms with van der Waals surface area (Å²) in [5, 5.41) is 10.7. The Morgan fingerprint density at radius 1 is 0.370 bits per heavy atom. The van der Waals surface area contributed by atoms with Gasteiger partial charge in [0.25, 0.3) is 0 Å². The van der Waals surface area contributed by atoms with Crippen molar-refractivity contribution in [3.8, 4) is 33.4 Å². The Balaban J connectivity index is 1.27. The minimum absolute atomic E-state index is 0.826. The van der Waals surface area contributed by atoms with Crippen LogP contribution >= 0.6 is 0 Å². The van der Waals surface area contributed by atoms with Crippen LogP contribution in [0.3, 0.4) is 0 Å². The molecule has 0 aliphatic heterocycles. The molecule has 0 N–H and O–H groups in total. The lowest BCUT2D eigenvalue weighted by atomic mass is 9.84. The first kappa shape index (κ1) is 25.2. The Morgan fingerprint density at radius 3 is 1.76 bits per heavy atom. The molecule has 2 heteroatoms. The third-order valence-electron chi connectivity index (χ3n) is 9.54. The molecule has 8 aromatic carbocycles. The van der Waals surface area contributed by atoms with Crippen molar-refractivity contribution in [2.45, 2.75) is 0 Å². The summed E-state index contributed by atoms with van der Waals surface area (Å²) in [7, 11) is 0. The van der Waals surface area contributed by atoms with Gasteiger partial charge in [-0.25, -0.2) is 0 Å². The lowest BCUT2D eigenvalue weighted by Gasteiger charge is -2.18. The second kappa shape index (κ2) is 9.69. The molecule has 0 unspecified atom stereocenters. The highest BCUT2D eigenvalue weighted by molar-refractivity contribution is 6.24. The van der Waals surface area contributed by atoms with Crippen LogP contribution in [0.5, 0.6) is 0 Å². The average molecular weight is 587 g/mol. The van der Waals surface area contributed by atoms with Gasteiger partial charge in [-0.15, -0.1) is 0 Å². The first-order valence-electron chi connectivity index (χ1n) is 15.7. The van der Waals surface area contributed by atoms with Crippen molar-refractivity contribution in [2.24, 2.45) is 0 Å². The van der Waals surface area contributed by atoms with Crippen molar-refractivity contribution in [2.75, 3.05) is 0 Å². The quantitative estimate of drug-likeness (QED) is 0.193. The van der Waals surface area contributed by atoms with Gasteiger partial charge >= 0.3 is 0 Å². The van der Waals surface area contributed by atoms with Crippen molar-refractivity contribution >= 4 is 65.2 Å². The smallest absolute Gasteiger partial charge is 0.147 e. The van der Waals surface area contributed by atoms with Gasteiger partial charge in [-0.2, -0.15) is 0 Å². The summed E-state index contributed by atoms with van der Waals surface area (Å²) in [6.45, 7) is 0. The Morgan fingerprint density at radius 2 is 1.00 bits per heavy atom. The van der Waals surface area contributed by atoms with Crippen LogP contribution in [-0.2, 0) is 0 Å². The van der Waals surface area contributed by atoms with Crippen molar-refractivity contribution in [3.05, 3.63) is 158 Å². The Bertz CT molecular complexity index is 2740. The zero-order valence-electron chi connectivity index (χ0n) is 24.8. The lowest BCUT2D eigenvalue weighted by Crippen LogP contribution is -1.91. The number of rotatable bonds is 3.